The fourth-order valence-electron chi connectivity index (χ4n) is 5.21. The van der Waals surface area contributed by atoms with E-state index in [9.17, 15) is 13.2 Å². The van der Waals surface area contributed by atoms with E-state index in [-0.39, 0.29) is 0 Å². The second kappa shape index (κ2) is 19.9. The molecule has 0 aromatic carbocycles. The van der Waals surface area contributed by atoms with Crippen molar-refractivity contribution in [3.63, 3.8) is 0 Å². The fourth-order valence-corrected chi connectivity index (χ4v) is 5.21. The summed E-state index contributed by atoms with van der Waals surface area (Å²) in [4.78, 5) is 8.78. The van der Waals surface area contributed by atoms with Gasteiger partial charge in [-0.25, -0.2) is 0 Å². The first-order valence-electron chi connectivity index (χ1n) is 15.3. The van der Waals surface area contributed by atoms with E-state index < -0.39 is 12.1 Å². The van der Waals surface area contributed by atoms with Crippen LogP contribution in [0.1, 0.15) is 145 Å². The van der Waals surface area contributed by atoms with Crippen molar-refractivity contribution in [2.24, 2.45) is 0 Å². The second-order valence-electron chi connectivity index (χ2n) is 10.8. The number of carbonyl (C=O) groups is 1. The predicted molar refractivity (Wildman–Crippen MR) is 154 cm³/mol. The molecule has 39 heavy (non-hydrogen) atoms. The Hall–Kier alpha value is -2.11. The van der Waals surface area contributed by atoms with Crippen LogP contribution in [0.4, 0.5) is 13.2 Å². The highest BCUT2D eigenvalue weighted by atomic mass is 19.4. The molecule has 0 unspecified atom stereocenters. The second-order valence-corrected chi connectivity index (χ2v) is 10.8. The monoisotopic (exact) mass is 551 g/mol. The van der Waals surface area contributed by atoms with Gasteiger partial charge in [0.1, 0.15) is 12.5 Å². The van der Waals surface area contributed by atoms with Crippen LogP contribution in [-0.4, -0.2) is 12.1 Å². The summed E-state index contributed by atoms with van der Waals surface area (Å²) in [5, 5.41) is 8.78. The van der Waals surface area contributed by atoms with Gasteiger partial charge in [0.05, 0.1) is 0 Å². The average Bonchev–Trinajstić information content (AvgIpc) is 2.90. The summed E-state index contributed by atoms with van der Waals surface area (Å²) in [7, 11) is 0. The van der Waals surface area contributed by atoms with Crippen LogP contribution in [0.5, 0.6) is 0 Å². The number of pyridine rings is 1. The van der Waals surface area contributed by atoms with E-state index in [2.05, 4.69) is 56.6 Å². The number of nitrogens with zero attached hydrogens (tertiary/aromatic N) is 1. The van der Waals surface area contributed by atoms with E-state index in [0.29, 0.717) is 0 Å². The molecule has 6 heteroatoms. The number of rotatable bonds is 16. The molecule has 0 radical (unpaired) electrons. The predicted octanol–water partition coefficient (Wildman–Crippen LogP) is 8.75. The Bertz CT molecular complexity index is 903. The molecular weight excluding hydrogens is 499 g/mol. The van der Waals surface area contributed by atoms with Gasteiger partial charge in [-0.3, -0.25) is 0 Å². The van der Waals surface area contributed by atoms with E-state index in [0.717, 1.165) is 0 Å². The summed E-state index contributed by atoms with van der Waals surface area (Å²) < 4.78 is 34.2. The Balaban J connectivity index is 0.000000956. The van der Waals surface area contributed by atoms with Crippen molar-refractivity contribution in [1.29, 1.82) is 0 Å². The Morgan fingerprint density at radius 2 is 1.26 bits per heavy atom. The lowest BCUT2D eigenvalue weighted by Gasteiger charge is -2.19. The van der Waals surface area contributed by atoms with Crippen molar-refractivity contribution in [1.82, 2.24) is 0 Å². The average molecular weight is 552 g/mol. The Morgan fingerprint density at radius 3 is 1.74 bits per heavy atom. The summed E-state index contributed by atoms with van der Waals surface area (Å²) in [6, 6.07) is 0. The molecule has 1 aromatic rings. The van der Waals surface area contributed by atoms with Crippen molar-refractivity contribution in [2.75, 3.05) is 0 Å². The molecule has 0 aliphatic carbocycles. The number of carboxylic acids is 1. The molecule has 0 N–H and O–H groups in total. The van der Waals surface area contributed by atoms with Gasteiger partial charge in [0.15, 0.2) is 11.4 Å². The number of hydrogen-bond donors (Lipinski definition) is 0. The maximum absolute atomic E-state index is 10.5. The van der Waals surface area contributed by atoms with Crippen LogP contribution in [0, 0.1) is 13.8 Å². The number of halogens is 3. The highest BCUT2D eigenvalue weighted by Gasteiger charge is 2.29. The third-order valence-electron chi connectivity index (χ3n) is 7.53. The lowest BCUT2D eigenvalue weighted by atomic mass is 9.93. The Kier molecular flexibility index (Phi) is 17.8. The van der Waals surface area contributed by atoms with Gasteiger partial charge >= 0.3 is 6.18 Å². The number of carboxylic acid groups (broad SMARTS) is 1. The zero-order valence-corrected chi connectivity index (χ0v) is 24.9. The van der Waals surface area contributed by atoms with Crippen LogP contribution < -0.4 is 9.67 Å². The van der Waals surface area contributed by atoms with Crippen molar-refractivity contribution in [3.8, 4) is 0 Å². The van der Waals surface area contributed by atoms with Gasteiger partial charge in [0.25, 0.3) is 0 Å². The first-order valence-corrected chi connectivity index (χ1v) is 15.3. The zero-order valence-electron chi connectivity index (χ0n) is 24.9. The van der Waals surface area contributed by atoms with E-state index in [4.69, 9.17) is 9.90 Å². The molecule has 2 heterocycles. The first-order chi connectivity index (χ1) is 18.6. The van der Waals surface area contributed by atoms with Gasteiger partial charge in [-0.2, -0.15) is 17.7 Å². The number of fused-ring (bicyclic) bond motifs is 1. The minimum absolute atomic E-state index is 1.19. The molecule has 222 valence electrons. The number of allylic oxidation sites excluding steroid dienone is 2. The standard InChI is InChI=1S/C31H52N.C2HF3O2/c1-5-7-9-11-13-15-17-19-23-29-27(3)30(24-20-18-16-14-12-10-8-6-2)31-25-21-22-26-32(31)28(29)4;3-2(4,5)1(6)7/h19-20,23-24H,5-18,21-22,25-26H2,1-4H3;(H,6,7)/q+1;/p-1/b23-19+,24-20+;. The minimum atomic E-state index is -5.19. The van der Waals surface area contributed by atoms with Gasteiger partial charge in [0, 0.05) is 30.9 Å². The summed E-state index contributed by atoms with van der Waals surface area (Å²) >= 11 is 0. The molecule has 0 saturated carbocycles. The molecule has 0 spiro atoms. The van der Waals surface area contributed by atoms with Gasteiger partial charge in [-0.1, -0.05) is 102 Å². The van der Waals surface area contributed by atoms with E-state index in [1.54, 1.807) is 5.69 Å². The largest absolute Gasteiger partial charge is 0.542 e. The summed E-state index contributed by atoms with van der Waals surface area (Å²) in [5.74, 6) is -3.01. The molecule has 1 aliphatic heterocycles. The van der Waals surface area contributed by atoms with Crippen LogP contribution in [0.15, 0.2) is 12.2 Å². The SMILES string of the molecule is CCCCCCCC/C=C/c1c(C)c(/C=C/CCCCCCCC)c2[n+](c1C)CCCC2.O=C([O-])C(F)(F)F. The molecule has 0 atom stereocenters. The lowest BCUT2D eigenvalue weighted by Crippen LogP contribution is -2.46. The molecule has 1 aliphatic rings. The summed E-state index contributed by atoms with van der Waals surface area (Å²) in [6.45, 7) is 10.5. The Labute approximate surface area is 235 Å². The molecule has 0 bridgehead atoms. The van der Waals surface area contributed by atoms with Crippen LogP contribution >= 0.6 is 0 Å². The highest BCUT2D eigenvalue weighted by Crippen LogP contribution is 2.26. The minimum Gasteiger partial charge on any atom is -0.542 e. The van der Waals surface area contributed by atoms with Crippen LogP contribution in [0.2, 0.25) is 0 Å². The van der Waals surface area contributed by atoms with Crippen LogP contribution in [-0.2, 0) is 17.8 Å². The molecule has 2 rings (SSSR count). The molecular formula is C33H52F3NO2. The number of alkyl halides is 3. The molecule has 1 aromatic heterocycles. The maximum atomic E-state index is 10.5. The van der Waals surface area contributed by atoms with Crippen molar-refractivity contribution < 1.29 is 27.6 Å². The summed E-state index contributed by atoms with van der Waals surface area (Å²) in [6.07, 6.45) is 27.5. The van der Waals surface area contributed by atoms with Gasteiger partial charge in [-0.05, 0) is 44.6 Å². The third kappa shape index (κ3) is 13.7. The number of hydrogen-bond acceptors (Lipinski definition) is 2. The number of aromatic nitrogens is 1. The quantitative estimate of drug-likeness (QED) is 0.152. The van der Waals surface area contributed by atoms with E-state index in [1.807, 2.05) is 0 Å². The lowest BCUT2D eigenvalue weighted by molar-refractivity contribution is -0.715. The normalized spacial score (nSPS) is 13.5. The third-order valence-corrected chi connectivity index (χ3v) is 7.53. The van der Waals surface area contributed by atoms with Gasteiger partial charge in [-0.15, -0.1) is 0 Å². The van der Waals surface area contributed by atoms with Crippen molar-refractivity contribution in [3.05, 3.63) is 40.2 Å². The molecule has 0 fully saturated rings. The van der Waals surface area contributed by atoms with Crippen molar-refractivity contribution in [2.45, 2.75) is 150 Å². The zero-order chi connectivity index (χ0) is 29.1. The number of aliphatic carboxylic acids is 1. The number of unbranched alkanes of at least 4 members (excludes halogenated alkanes) is 12. The van der Waals surface area contributed by atoms with Crippen LogP contribution in [0.25, 0.3) is 12.2 Å². The van der Waals surface area contributed by atoms with E-state index in [1.165, 1.54) is 138 Å². The first kappa shape index (κ1) is 34.9. The van der Waals surface area contributed by atoms with Gasteiger partial charge < -0.3 is 9.90 Å². The Morgan fingerprint density at radius 1 is 0.795 bits per heavy atom. The van der Waals surface area contributed by atoms with Crippen LogP contribution in [0.3, 0.4) is 0 Å². The maximum Gasteiger partial charge on any atom is 0.430 e. The topological polar surface area (TPSA) is 44.0 Å². The fraction of sp³-hybridized carbons (Fsp3) is 0.697. The summed E-state index contributed by atoms with van der Waals surface area (Å²) in [5.41, 5.74) is 7.54. The number of carbonyl (C=O) groups excluding carboxylic acids is 1. The molecule has 0 saturated heterocycles. The van der Waals surface area contributed by atoms with Crippen molar-refractivity contribution >= 4 is 18.1 Å². The smallest absolute Gasteiger partial charge is 0.430 e. The van der Waals surface area contributed by atoms with Gasteiger partial charge in [0.2, 0.25) is 0 Å². The van der Waals surface area contributed by atoms with E-state index >= 15 is 0 Å². The molecule has 3 nitrogen and oxygen atoms in total. The highest BCUT2D eigenvalue weighted by molar-refractivity contribution is 5.70. The molecule has 0 amide bonds.